The Labute approximate surface area is 162 Å². The summed E-state index contributed by atoms with van der Waals surface area (Å²) in [4.78, 5) is 21.0. The highest BCUT2D eigenvalue weighted by Gasteiger charge is 2.22. The third-order valence-corrected chi connectivity index (χ3v) is 5.06. The van der Waals surface area contributed by atoms with Crippen molar-refractivity contribution in [1.82, 2.24) is 29.5 Å². The van der Waals surface area contributed by atoms with Crippen molar-refractivity contribution in [2.75, 3.05) is 13.7 Å². The van der Waals surface area contributed by atoms with Crippen LogP contribution in [0.2, 0.25) is 0 Å². The number of esters is 1. The van der Waals surface area contributed by atoms with E-state index in [-0.39, 0.29) is 0 Å². The van der Waals surface area contributed by atoms with Crippen LogP contribution in [0, 0.1) is 0 Å². The molecule has 1 fully saturated rings. The van der Waals surface area contributed by atoms with Crippen LogP contribution >= 0.6 is 0 Å². The summed E-state index contributed by atoms with van der Waals surface area (Å²) in [6.07, 6.45) is 11.9. The molecule has 4 rings (SSSR count). The second-order valence-corrected chi connectivity index (χ2v) is 6.90. The van der Waals surface area contributed by atoms with Crippen LogP contribution in [0.25, 0.3) is 17.0 Å². The van der Waals surface area contributed by atoms with Gasteiger partial charge >= 0.3 is 5.97 Å². The standard InChI is InChI=1S/C19H24N6O3/c1-3-28-18(26)13-10-20-24(12-13)19-22-15-11-21-25(16(15)17(23-19)27-2)14-8-6-4-5-7-9-14/h10-12,14H,3-9H2,1-2H3. The molecule has 28 heavy (non-hydrogen) atoms. The first-order valence-corrected chi connectivity index (χ1v) is 9.72. The molecule has 9 heteroatoms. The Morgan fingerprint density at radius 3 is 2.64 bits per heavy atom. The Bertz CT molecular complexity index is 971. The molecule has 0 saturated heterocycles. The third kappa shape index (κ3) is 3.44. The third-order valence-electron chi connectivity index (χ3n) is 5.06. The maximum absolute atomic E-state index is 11.9. The van der Waals surface area contributed by atoms with E-state index in [0.29, 0.717) is 35.6 Å². The van der Waals surface area contributed by atoms with E-state index in [1.165, 1.54) is 36.6 Å². The fraction of sp³-hybridized carbons (Fsp3) is 0.526. The van der Waals surface area contributed by atoms with E-state index in [1.807, 2.05) is 4.68 Å². The molecule has 3 aromatic rings. The molecule has 0 amide bonds. The number of carbonyl (C=O) groups excluding carboxylic acids is 1. The molecule has 148 valence electrons. The first-order chi connectivity index (χ1) is 13.7. The van der Waals surface area contributed by atoms with Gasteiger partial charge < -0.3 is 9.47 Å². The number of carbonyl (C=O) groups is 1. The van der Waals surface area contributed by atoms with Gasteiger partial charge in [0.25, 0.3) is 5.95 Å². The SMILES string of the molecule is CCOC(=O)c1cnn(-c2nc(OC)c3c(cnn3C3CCCCCC3)n2)c1. The predicted octanol–water partition coefficient (Wildman–Crippen LogP) is 3.09. The molecule has 0 spiro atoms. The highest BCUT2D eigenvalue weighted by Crippen LogP contribution is 2.32. The highest BCUT2D eigenvalue weighted by molar-refractivity contribution is 5.88. The topological polar surface area (TPSA) is 97.0 Å². The van der Waals surface area contributed by atoms with Gasteiger partial charge in [0.2, 0.25) is 5.88 Å². The molecule has 1 aliphatic rings. The van der Waals surface area contributed by atoms with E-state index < -0.39 is 5.97 Å². The minimum atomic E-state index is -0.428. The van der Waals surface area contributed by atoms with E-state index in [0.717, 1.165) is 18.4 Å². The normalized spacial score (nSPS) is 15.5. The van der Waals surface area contributed by atoms with Crippen molar-refractivity contribution < 1.29 is 14.3 Å². The van der Waals surface area contributed by atoms with Crippen LogP contribution in [-0.2, 0) is 4.74 Å². The lowest BCUT2D eigenvalue weighted by Crippen LogP contribution is -2.11. The lowest BCUT2D eigenvalue weighted by molar-refractivity contribution is 0.0526. The van der Waals surface area contributed by atoms with Gasteiger partial charge in [-0.2, -0.15) is 15.2 Å². The lowest BCUT2D eigenvalue weighted by atomic mass is 10.1. The van der Waals surface area contributed by atoms with Crippen LogP contribution < -0.4 is 4.74 Å². The van der Waals surface area contributed by atoms with Gasteiger partial charge in [0, 0.05) is 6.20 Å². The van der Waals surface area contributed by atoms with Crippen molar-refractivity contribution >= 4 is 17.0 Å². The van der Waals surface area contributed by atoms with Crippen molar-refractivity contribution in [1.29, 1.82) is 0 Å². The number of nitrogens with zero attached hydrogens (tertiary/aromatic N) is 6. The molecule has 3 heterocycles. The molecule has 9 nitrogen and oxygen atoms in total. The number of fused-ring (bicyclic) bond motifs is 1. The van der Waals surface area contributed by atoms with Crippen LogP contribution in [0.5, 0.6) is 5.88 Å². The zero-order chi connectivity index (χ0) is 19.5. The molecule has 0 N–H and O–H groups in total. The van der Waals surface area contributed by atoms with E-state index in [4.69, 9.17) is 9.47 Å². The van der Waals surface area contributed by atoms with Crippen molar-refractivity contribution in [2.24, 2.45) is 0 Å². The van der Waals surface area contributed by atoms with Gasteiger partial charge in [0.05, 0.1) is 37.7 Å². The smallest absolute Gasteiger partial charge is 0.341 e. The molecular weight excluding hydrogens is 360 g/mol. The maximum Gasteiger partial charge on any atom is 0.341 e. The van der Waals surface area contributed by atoms with Crippen molar-refractivity contribution in [3.63, 3.8) is 0 Å². The van der Waals surface area contributed by atoms with Crippen LogP contribution in [0.1, 0.15) is 61.8 Å². The average molecular weight is 384 g/mol. The van der Waals surface area contributed by atoms with Crippen molar-refractivity contribution in [3.05, 3.63) is 24.2 Å². The number of hydrogen-bond acceptors (Lipinski definition) is 7. The van der Waals surface area contributed by atoms with Gasteiger partial charge in [-0.15, -0.1) is 0 Å². The zero-order valence-electron chi connectivity index (χ0n) is 16.2. The molecule has 0 aromatic carbocycles. The van der Waals surface area contributed by atoms with E-state index in [9.17, 15) is 4.79 Å². The predicted molar refractivity (Wildman–Crippen MR) is 102 cm³/mol. The number of aromatic nitrogens is 6. The van der Waals surface area contributed by atoms with Gasteiger partial charge in [0.1, 0.15) is 11.0 Å². The van der Waals surface area contributed by atoms with E-state index >= 15 is 0 Å². The van der Waals surface area contributed by atoms with E-state index in [1.54, 1.807) is 26.4 Å². The first-order valence-electron chi connectivity index (χ1n) is 9.72. The fourth-order valence-corrected chi connectivity index (χ4v) is 3.70. The summed E-state index contributed by atoms with van der Waals surface area (Å²) in [6.45, 7) is 2.07. The summed E-state index contributed by atoms with van der Waals surface area (Å²) in [6, 6.07) is 0.337. The molecule has 0 aliphatic heterocycles. The quantitative estimate of drug-likeness (QED) is 0.492. The summed E-state index contributed by atoms with van der Waals surface area (Å²) in [5.74, 6) is 0.346. The second kappa shape index (κ2) is 7.95. The number of hydrogen-bond donors (Lipinski definition) is 0. The summed E-state index contributed by atoms with van der Waals surface area (Å²) in [5, 5.41) is 8.78. The Balaban J connectivity index is 1.71. The number of rotatable bonds is 5. The van der Waals surface area contributed by atoms with Crippen LogP contribution in [0.4, 0.5) is 0 Å². The molecule has 0 unspecified atom stereocenters. The van der Waals surface area contributed by atoms with Crippen LogP contribution in [-0.4, -0.2) is 49.2 Å². The van der Waals surface area contributed by atoms with Gasteiger partial charge in [-0.05, 0) is 19.8 Å². The van der Waals surface area contributed by atoms with Gasteiger partial charge in [0.15, 0.2) is 0 Å². The molecule has 1 saturated carbocycles. The maximum atomic E-state index is 11.9. The molecule has 0 atom stereocenters. The molecule has 0 radical (unpaired) electrons. The zero-order valence-corrected chi connectivity index (χ0v) is 16.2. The summed E-state index contributed by atoms with van der Waals surface area (Å²) >= 11 is 0. The highest BCUT2D eigenvalue weighted by atomic mass is 16.5. The van der Waals surface area contributed by atoms with Crippen molar-refractivity contribution in [3.8, 4) is 11.8 Å². The van der Waals surface area contributed by atoms with Gasteiger partial charge in [-0.25, -0.2) is 14.5 Å². The monoisotopic (exact) mass is 384 g/mol. The summed E-state index contributed by atoms with van der Waals surface area (Å²) < 4.78 is 14.0. The Morgan fingerprint density at radius 1 is 1.14 bits per heavy atom. The first kappa shape index (κ1) is 18.4. The Morgan fingerprint density at radius 2 is 1.93 bits per heavy atom. The summed E-state index contributed by atoms with van der Waals surface area (Å²) in [5.41, 5.74) is 1.84. The van der Waals surface area contributed by atoms with Gasteiger partial charge in [-0.1, -0.05) is 25.7 Å². The molecule has 1 aliphatic carbocycles. The molecule has 0 bridgehead atoms. The van der Waals surface area contributed by atoms with Crippen LogP contribution in [0.3, 0.4) is 0 Å². The van der Waals surface area contributed by atoms with E-state index in [2.05, 4.69) is 20.2 Å². The number of ether oxygens (including phenoxy) is 2. The minimum Gasteiger partial charge on any atom is -0.479 e. The minimum absolute atomic E-state index is 0.306. The Hall–Kier alpha value is -2.97. The van der Waals surface area contributed by atoms with Crippen LogP contribution in [0.15, 0.2) is 18.6 Å². The fourth-order valence-electron chi connectivity index (χ4n) is 3.70. The molecular formula is C19H24N6O3. The largest absolute Gasteiger partial charge is 0.479 e. The molecule has 3 aromatic heterocycles. The second-order valence-electron chi connectivity index (χ2n) is 6.90. The average Bonchev–Trinajstić information content (AvgIpc) is 3.28. The van der Waals surface area contributed by atoms with Crippen molar-refractivity contribution in [2.45, 2.75) is 51.5 Å². The Kier molecular flexibility index (Phi) is 5.23. The van der Waals surface area contributed by atoms with Gasteiger partial charge in [-0.3, -0.25) is 4.68 Å². The lowest BCUT2D eigenvalue weighted by Gasteiger charge is -2.16. The summed E-state index contributed by atoms with van der Waals surface area (Å²) in [7, 11) is 1.59. The number of methoxy groups -OCH3 is 1.